The Morgan fingerprint density at radius 3 is 2.48 bits per heavy atom. The van der Waals surface area contributed by atoms with E-state index in [4.69, 9.17) is 0 Å². The number of carbonyl (C=O) groups is 2. The molecule has 0 bridgehead atoms. The first-order chi connectivity index (χ1) is 10.0. The van der Waals surface area contributed by atoms with E-state index < -0.39 is 0 Å². The highest BCUT2D eigenvalue weighted by Crippen LogP contribution is 2.08. The minimum Gasteiger partial charge on any atom is -0.350 e. The fraction of sp³-hybridized carbons (Fsp3) is 0.267. The zero-order chi connectivity index (χ0) is 15.2. The van der Waals surface area contributed by atoms with Crippen molar-refractivity contribution in [2.24, 2.45) is 0 Å². The molecule has 0 saturated carbocycles. The van der Waals surface area contributed by atoms with Crippen LogP contribution in [0.2, 0.25) is 0 Å². The zero-order valence-corrected chi connectivity index (χ0v) is 12.1. The molecule has 21 heavy (non-hydrogen) atoms. The van der Waals surface area contributed by atoms with Gasteiger partial charge in [0.15, 0.2) is 0 Å². The van der Waals surface area contributed by atoms with Crippen LogP contribution >= 0.6 is 0 Å². The van der Waals surface area contributed by atoms with Crippen LogP contribution in [0.1, 0.15) is 23.4 Å². The average molecular weight is 286 g/mol. The first kappa shape index (κ1) is 14.8. The maximum Gasteiger partial charge on any atom is 0.233 e. The third-order valence-corrected chi connectivity index (χ3v) is 2.88. The number of benzene rings is 1. The van der Waals surface area contributed by atoms with Gasteiger partial charge in [-0.1, -0.05) is 17.7 Å². The molecular weight excluding hydrogens is 268 g/mol. The molecule has 3 N–H and O–H groups in total. The van der Waals surface area contributed by atoms with Crippen molar-refractivity contribution in [1.29, 1.82) is 0 Å². The molecule has 6 heteroatoms. The van der Waals surface area contributed by atoms with Crippen molar-refractivity contribution in [2.45, 2.75) is 26.8 Å². The number of aromatic nitrogens is 2. The lowest BCUT2D eigenvalue weighted by molar-refractivity contribution is -0.126. The van der Waals surface area contributed by atoms with Gasteiger partial charge in [-0.05, 0) is 32.0 Å². The molecule has 0 aliphatic heterocycles. The number of rotatable bonds is 5. The summed E-state index contributed by atoms with van der Waals surface area (Å²) in [5.74, 6) is -0.671. The van der Waals surface area contributed by atoms with Crippen molar-refractivity contribution in [2.75, 3.05) is 5.32 Å². The Labute approximate surface area is 122 Å². The highest BCUT2D eigenvalue weighted by molar-refractivity contribution is 6.03. The summed E-state index contributed by atoms with van der Waals surface area (Å²) in [6.07, 6.45) is -0.211. The number of aromatic amines is 1. The van der Waals surface area contributed by atoms with Crippen molar-refractivity contribution < 1.29 is 9.59 Å². The Morgan fingerprint density at radius 1 is 1.14 bits per heavy atom. The van der Waals surface area contributed by atoms with Crippen LogP contribution in [0.5, 0.6) is 0 Å². The molecule has 1 aromatic carbocycles. The maximum absolute atomic E-state index is 11.7. The Hall–Kier alpha value is -2.63. The lowest BCUT2D eigenvalue weighted by Gasteiger charge is -2.06. The highest BCUT2D eigenvalue weighted by atomic mass is 16.2. The molecule has 2 rings (SSSR count). The van der Waals surface area contributed by atoms with E-state index in [0.717, 1.165) is 17.0 Å². The number of H-pyrrole nitrogens is 1. The summed E-state index contributed by atoms with van der Waals surface area (Å²) in [7, 11) is 0. The summed E-state index contributed by atoms with van der Waals surface area (Å²) >= 11 is 0. The first-order valence-corrected chi connectivity index (χ1v) is 6.67. The molecule has 0 aliphatic carbocycles. The van der Waals surface area contributed by atoms with Gasteiger partial charge in [0.25, 0.3) is 0 Å². The van der Waals surface area contributed by atoms with E-state index >= 15 is 0 Å². The third kappa shape index (κ3) is 4.76. The second-order valence-electron chi connectivity index (χ2n) is 4.91. The molecular formula is C15H18N4O2. The topological polar surface area (TPSA) is 86.9 Å². The number of amides is 2. The standard InChI is InChI=1S/C15H18N4O2/c1-10-3-5-12(6-4-10)17-15(21)8-14(20)16-9-13-7-11(2)18-19-13/h3-7H,8-9H2,1-2H3,(H,16,20)(H,17,21)(H,18,19). The summed E-state index contributed by atoms with van der Waals surface area (Å²) in [6, 6.07) is 9.24. The summed E-state index contributed by atoms with van der Waals surface area (Å²) in [6.45, 7) is 4.16. The first-order valence-electron chi connectivity index (χ1n) is 6.67. The van der Waals surface area contributed by atoms with E-state index in [2.05, 4.69) is 20.8 Å². The van der Waals surface area contributed by atoms with E-state index in [1.54, 1.807) is 12.1 Å². The monoisotopic (exact) mass is 286 g/mol. The van der Waals surface area contributed by atoms with Gasteiger partial charge < -0.3 is 10.6 Å². The molecule has 0 spiro atoms. The molecule has 0 saturated heterocycles. The van der Waals surface area contributed by atoms with Crippen LogP contribution in [0.4, 0.5) is 5.69 Å². The van der Waals surface area contributed by atoms with Crippen molar-refractivity contribution in [3.05, 3.63) is 47.3 Å². The molecule has 0 atom stereocenters. The molecule has 1 aromatic heterocycles. The Bertz CT molecular complexity index is 631. The van der Waals surface area contributed by atoms with E-state index in [9.17, 15) is 9.59 Å². The van der Waals surface area contributed by atoms with Crippen LogP contribution in [-0.4, -0.2) is 22.0 Å². The summed E-state index contributed by atoms with van der Waals surface area (Å²) in [4.78, 5) is 23.4. The van der Waals surface area contributed by atoms with Crippen molar-refractivity contribution in [3.8, 4) is 0 Å². The summed E-state index contributed by atoms with van der Waals surface area (Å²) < 4.78 is 0. The van der Waals surface area contributed by atoms with Crippen LogP contribution < -0.4 is 10.6 Å². The lowest BCUT2D eigenvalue weighted by Crippen LogP contribution is -2.27. The van der Waals surface area contributed by atoms with Crippen LogP contribution in [0.15, 0.2) is 30.3 Å². The molecule has 6 nitrogen and oxygen atoms in total. The number of nitrogens with zero attached hydrogens (tertiary/aromatic N) is 1. The van der Waals surface area contributed by atoms with Gasteiger partial charge in [0, 0.05) is 11.4 Å². The van der Waals surface area contributed by atoms with E-state index in [1.165, 1.54) is 0 Å². The minimum absolute atomic E-state index is 0.211. The Balaban J connectivity index is 1.76. The summed E-state index contributed by atoms with van der Waals surface area (Å²) in [5, 5.41) is 12.1. The SMILES string of the molecule is Cc1ccc(NC(=O)CC(=O)NCc2cc(C)[nH]n2)cc1. The third-order valence-electron chi connectivity index (χ3n) is 2.88. The van der Waals surface area contributed by atoms with Gasteiger partial charge in [0.05, 0.1) is 12.2 Å². The molecule has 2 amide bonds. The fourth-order valence-electron chi connectivity index (χ4n) is 1.80. The molecule has 0 unspecified atom stereocenters. The van der Waals surface area contributed by atoms with Crippen LogP contribution in [0.25, 0.3) is 0 Å². The predicted octanol–water partition coefficient (Wildman–Crippen LogP) is 1.67. The van der Waals surface area contributed by atoms with Crippen molar-refractivity contribution in [1.82, 2.24) is 15.5 Å². The average Bonchev–Trinajstić information content (AvgIpc) is 2.85. The number of hydrogen-bond acceptors (Lipinski definition) is 3. The fourth-order valence-corrected chi connectivity index (χ4v) is 1.80. The van der Waals surface area contributed by atoms with E-state index in [0.29, 0.717) is 12.2 Å². The highest BCUT2D eigenvalue weighted by Gasteiger charge is 2.10. The molecule has 0 fully saturated rings. The Morgan fingerprint density at radius 2 is 1.86 bits per heavy atom. The van der Waals surface area contributed by atoms with E-state index in [-0.39, 0.29) is 18.2 Å². The minimum atomic E-state index is -0.338. The van der Waals surface area contributed by atoms with Crippen LogP contribution in [-0.2, 0) is 16.1 Å². The largest absolute Gasteiger partial charge is 0.350 e. The van der Waals surface area contributed by atoms with Crippen LogP contribution in [0.3, 0.4) is 0 Å². The summed E-state index contributed by atoms with van der Waals surface area (Å²) in [5.41, 5.74) is 3.46. The van der Waals surface area contributed by atoms with Gasteiger partial charge in [-0.2, -0.15) is 5.10 Å². The Kier molecular flexibility index (Phi) is 4.71. The van der Waals surface area contributed by atoms with E-state index in [1.807, 2.05) is 32.0 Å². The quantitative estimate of drug-likeness (QED) is 0.731. The molecule has 0 aliphatic rings. The normalized spacial score (nSPS) is 10.2. The van der Waals surface area contributed by atoms with Gasteiger partial charge in [0.1, 0.15) is 6.42 Å². The van der Waals surface area contributed by atoms with Gasteiger partial charge in [0.2, 0.25) is 11.8 Å². The second kappa shape index (κ2) is 6.69. The van der Waals surface area contributed by atoms with Gasteiger partial charge in [-0.3, -0.25) is 14.7 Å². The molecule has 1 heterocycles. The lowest BCUT2D eigenvalue weighted by atomic mass is 10.2. The maximum atomic E-state index is 11.7. The molecule has 2 aromatic rings. The van der Waals surface area contributed by atoms with Crippen molar-refractivity contribution >= 4 is 17.5 Å². The predicted molar refractivity (Wildman–Crippen MR) is 79.6 cm³/mol. The van der Waals surface area contributed by atoms with Gasteiger partial charge in [-0.15, -0.1) is 0 Å². The van der Waals surface area contributed by atoms with Gasteiger partial charge >= 0.3 is 0 Å². The zero-order valence-electron chi connectivity index (χ0n) is 12.1. The smallest absolute Gasteiger partial charge is 0.233 e. The number of aryl methyl sites for hydroxylation is 2. The molecule has 110 valence electrons. The second-order valence-corrected chi connectivity index (χ2v) is 4.91. The number of carbonyl (C=O) groups excluding carboxylic acids is 2. The number of nitrogens with one attached hydrogen (secondary N) is 3. The van der Waals surface area contributed by atoms with Crippen LogP contribution in [0, 0.1) is 13.8 Å². The molecule has 0 radical (unpaired) electrons. The van der Waals surface area contributed by atoms with Gasteiger partial charge in [-0.25, -0.2) is 0 Å². The number of hydrogen-bond donors (Lipinski definition) is 3. The number of anilines is 1. The van der Waals surface area contributed by atoms with Crippen molar-refractivity contribution in [3.63, 3.8) is 0 Å².